The van der Waals surface area contributed by atoms with Gasteiger partial charge in [0.15, 0.2) is 0 Å². The second kappa shape index (κ2) is 12.0. The van der Waals surface area contributed by atoms with Gasteiger partial charge in [-0.2, -0.15) is 0 Å². The van der Waals surface area contributed by atoms with Crippen molar-refractivity contribution >= 4 is 5.97 Å². The zero-order chi connectivity index (χ0) is 14.5. The molecule has 0 aromatic carbocycles. The molecule has 116 valence electrons. The third-order valence-electron chi connectivity index (χ3n) is 4.24. The third-order valence-corrected chi connectivity index (χ3v) is 4.24. The van der Waals surface area contributed by atoms with E-state index < -0.39 is 0 Å². The Bertz CT molecular complexity index is 254. The van der Waals surface area contributed by atoms with Gasteiger partial charge in [0.2, 0.25) is 0 Å². The first-order valence-corrected chi connectivity index (χ1v) is 8.62. The number of carbonyl (C=O) groups is 1. The van der Waals surface area contributed by atoms with E-state index in [0.717, 1.165) is 25.7 Å². The normalized spacial score (nSPS) is 16.0. The topological polar surface area (TPSA) is 26.3 Å². The summed E-state index contributed by atoms with van der Waals surface area (Å²) in [5.41, 5.74) is 0. The van der Waals surface area contributed by atoms with Gasteiger partial charge in [-0.1, -0.05) is 57.4 Å². The fourth-order valence-corrected chi connectivity index (χ4v) is 2.90. The zero-order valence-corrected chi connectivity index (χ0v) is 13.1. The molecule has 20 heavy (non-hydrogen) atoms. The van der Waals surface area contributed by atoms with Crippen molar-refractivity contribution in [2.75, 3.05) is 6.61 Å². The molecule has 0 radical (unpaired) electrons. The summed E-state index contributed by atoms with van der Waals surface area (Å²) in [4.78, 5) is 11.8. The standard InChI is InChI=1S/C18H32O2/c1-2-3-4-5-6-7-8-9-13-16-20-18(19)17-14-11-10-12-15-17/h2,17H,1,3-16H2. The van der Waals surface area contributed by atoms with Crippen molar-refractivity contribution < 1.29 is 9.53 Å². The molecular weight excluding hydrogens is 248 g/mol. The van der Waals surface area contributed by atoms with Crippen molar-refractivity contribution in [3.05, 3.63) is 12.7 Å². The molecule has 0 unspecified atom stereocenters. The fourth-order valence-electron chi connectivity index (χ4n) is 2.90. The van der Waals surface area contributed by atoms with Crippen LogP contribution in [0, 0.1) is 5.92 Å². The van der Waals surface area contributed by atoms with Gasteiger partial charge in [0, 0.05) is 0 Å². The van der Waals surface area contributed by atoms with Crippen LogP contribution in [0.2, 0.25) is 0 Å². The Morgan fingerprint density at radius 3 is 2.20 bits per heavy atom. The van der Waals surface area contributed by atoms with E-state index in [1.54, 1.807) is 0 Å². The van der Waals surface area contributed by atoms with Crippen LogP contribution in [0.5, 0.6) is 0 Å². The molecule has 1 rings (SSSR count). The van der Waals surface area contributed by atoms with Gasteiger partial charge in [0.1, 0.15) is 0 Å². The zero-order valence-electron chi connectivity index (χ0n) is 13.1. The second-order valence-corrected chi connectivity index (χ2v) is 6.05. The van der Waals surface area contributed by atoms with Crippen molar-refractivity contribution in [1.82, 2.24) is 0 Å². The molecule has 1 fully saturated rings. The molecule has 0 spiro atoms. The highest BCUT2D eigenvalue weighted by Crippen LogP contribution is 2.24. The Balaban J connectivity index is 1.84. The number of allylic oxidation sites excluding steroid dienone is 1. The smallest absolute Gasteiger partial charge is 0.308 e. The molecule has 0 atom stereocenters. The number of unbranched alkanes of at least 4 members (excludes halogenated alkanes) is 7. The van der Waals surface area contributed by atoms with Crippen LogP contribution in [-0.4, -0.2) is 12.6 Å². The van der Waals surface area contributed by atoms with Gasteiger partial charge >= 0.3 is 5.97 Å². The van der Waals surface area contributed by atoms with Crippen molar-refractivity contribution in [1.29, 1.82) is 0 Å². The molecule has 1 aliphatic carbocycles. The van der Waals surface area contributed by atoms with Gasteiger partial charge in [-0.15, -0.1) is 6.58 Å². The Kier molecular flexibility index (Phi) is 10.3. The lowest BCUT2D eigenvalue weighted by atomic mass is 9.89. The lowest BCUT2D eigenvalue weighted by Crippen LogP contribution is -2.20. The van der Waals surface area contributed by atoms with Gasteiger partial charge in [0.25, 0.3) is 0 Å². The predicted molar refractivity (Wildman–Crippen MR) is 84.7 cm³/mol. The molecular formula is C18H32O2. The van der Waals surface area contributed by atoms with Gasteiger partial charge in [0.05, 0.1) is 12.5 Å². The number of hydrogen-bond donors (Lipinski definition) is 0. The highest BCUT2D eigenvalue weighted by molar-refractivity contribution is 5.72. The molecule has 0 aliphatic heterocycles. The molecule has 1 aliphatic rings. The summed E-state index contributed by atoms with van der Waals surface area (Å²) < 4.78 is 5.39. The first kappa shape index (κ1) is 17.3. The van der Waals surface area contributed by atoms with Gasteiger partial charge in [-0.25, -0.2) is 0 Å². The minimum atomic E-state index is 0.0640. The number of rotatable bonds is 11. The summed E-state index contributed by atoms with van der Waals surface area (Å²) in [6.45, 7) is 4.37. The van der Waals surface area contributed by atoms with E-state index in [-0.39, 0.29) is 11.9 Å². The van der Waals surface area contributed by atoms with Gasteiger partial charge in [-0.3, -0.25) is 4.79 Å². The van der Waals surface area contributed by atoms with E-state index >= 15 is 0 Å². The SMILES string of the molecule is C=CCCCCCCCCCOC(=O)C1CCCCC1. The quantitative estimate of drug-likeness (QED) is 0.287. The minimum Gasteiger partial charge on any atom is -0.465 e. The Morgan fingerprint density at radius 1 is 0.950 bits per heavy atom. The Labute approximate surface area is 125 Å². The molecule has 0 heterocycles. The maximum absolute atomic E-state index is 11.8. The van der Waals surface area contributed by atoms with E-state index in [0.29, 0.717) is 6.61 Å². The summed E-state index contributed by atoms with van der Waals surface area (Å²) in [6.07, 6.45) is 17.7. The van der Waals surface area contributed by atoms with Crippen molar-refractivity contribution in [3.8, 4) is 0 Å². The minimum absolute atomic E-state index is 0.0640. The summed E-state index contributed by atoms with van der Waals surface area (Å²) in [5, 5.41) is 0. The summed E-state index contributed by atoms with van der Waals surface area (Å²) in [7, 11) is 0. The van der Waals surface area contributed by atoms with Crippen LogP contribution in [0.15, 0.2) is 12.7 Å². The van der Waals surface area contributed by atoms with Crippen LogP contribution in [0.3, 0.4) is 0 Å². The maximum Gasteiger partial charge on any atom is 0.308 e. The van der Waals surface area contributed by atoms with E-state index in [4.69, 9.17) is 4.74 Å². The molecule has 0 N–H and O–H groups in total. The molecule has 0 saturated heterocycles. The van der Waals surface area contributed by atoms with Gasteiger partial charge in [-0.05, 0) is 32.1 Å². The number of ether oxygens (including phenoxy) is 1. The van der Waals surface area contributed by atoms with Crippen molar-refractivity contribution in [3.63, 3.8) is 0 Å². The van der Waals surface area contributed by atoms with Crippen LogP contribution < -0.4 is 0 Å². The third kappa shape index (κ3) is 8.39. The summed E-state index contributed by atoms with van der Waals surface area (Å²) in [6, 6.07) is 0. The molecule has 0 amide bonds. The molecule has 2 heteroatoms. The monoisotopic (exact) mass is 280 g/mol. The molecule has 0 bridgehead atoms. The Hall–Kier alpha value is -0.790. The maximum atomic E-state index is 11.8. The van der Waals surface area contributed by atoms with E-state index in [9.17, 15) is 4.79 Å². The predicted octanol–water partition coefficient (Wildman–Crippen LogP) is 5.42. The van der Waals surface area contributed by atoms with Crippen molar-refractivity contribution in [2.45, 2.75) is 83.5 Å². The van der Waals surface area contributed by atoms with E-state index in [1.165, 1.54) is 57.8 Å². The highest BCUT2D eigenvalue weighted by atomic mass is 16.5. The fraction of sp³-hybridized carbons (Fsp3) is 0.833. The molecule has 2 nitrogen and oxygen atoms in total. The lowest BCUT2D eigenvalue weighted by Gasteiger charge is -2.19. The summed E-state index contributed by atoms with van der Waals surface area (Å²) in [5.74, 6) is 0.266. The highest BCUT2D eigenvalue weighted by Gasteiger charge is 2.21. The number of carbonyl (C=O) groups excluding carboxylic acids is 1. The first-order chi connectivity index (χ1) is 9.84. The van der Waals surface area contributed by atoms with Crippen LogP contribution in [-0.2, 0) is 9.53 Å². The summed E-state index contributed by atoms with van der Waals surface area (Å²) >= 11 is 0. The van der Waals surface area contributed by atoms with Crippen LogP contribution in [0.25, 0.3) is 0 Å². The molecule has 0 aromatic heterocycles. The largest absolute Gasteiger partial charge is 0.465 e. The molecule has 1 saturated carbocycles. The first-order valence-electron chi connectivity index (χ1n) is 8.62. The van der Waals surface area contributed by atoms with Crippen LogP contribution >= 0.6 is 0 Å². The van der Waals surface area contributed by atoms with Crippen LogP contribution in [0.1, 0.15) is 83.5 Å². The van der Waals surface area contributed by atoms with Crippen molar-refractivity contribution in [2.24, 2.45) is 5.92 Å². The molecule has 0 aromatic rings. The second-order valence-electron chi connectivity index (χ2n) is 6.05. The lowest BCUT2D eigenvalue weighted by molar-refractivity contribution is -0.149. The van der Waals surface area contributed by atoms with E-state index in [2.05, 4.69) is 6.58 Å². The number of hydrogen-bond acceptors (Lipinski definition) is 2. The average Bonchev–Trinajstić information content (AvgIpc) is 2.50. The van der Waals surface area contributed by atoms with Gasteiger partial charge < -0.3 is 4.74 Å². The Morgan fingerprint density at radius 2 is 1.55 bits per heavy atom. The van der Waals surface area contributed by atoms with E-state index in [1.807, 2.05) is 6.08 Å². The number of esters is 1. The van der Waals surface area contributed by atoms with Crippen LogP contribution in [0.4, 0.5) is 0 Å². The average molecular weight is 280 g/mol.